The van der Waals surface area contributed by atoms with E-state index in [1.54, 1.807) is 35.4 Å². The number of rotatable bonds is 7. The minimum atomic E-state index is -0.185. The van der Waals surface area contributed by atoms with Crippen molar-refractivity contribution in [2.75, 3.05) is 7.05 Å². The van der Waals surface area contributed by atoms with Gasteiger partial charge >= 0.3 is 0 Å². The van der Waals surface area contributed by atoms with Crippen molar-refractivity contribution in [1.29, 1.82) is 0 Å². The molecule has 170 valence electrons. The van der Waals surface area contributed by atoms with Gasteiger partial charge in [0.2, 0.25) is 5.91 Å². The summed E-state index contributed by atoms with van der Waals surface area (Å²) in [6, 6.07) is 21.2. The van der Waals surface area contributed by atoms with Gasteiger partial charge in [-0.05, 0) is 35.7 Å². The highest BCUT2D eigenvalue weighted by atomic mass is 32.1. The molecule has 1 amide bonds. The number of carbonyl (C=O) groups is 1. The van der Waals surface area contributed by atoms with Gasteiger partial charge in [-0.3, -0.25) is 9.59 Å². The molecular formula is C26H23N5O2S. The highest BCUT2D eigenvalue weighted by Crippen LogP contribution is 2.28. The average molecular weight is 470 g/mol. The van der Waals surface area contributed by atoms with Crippen molar-refractivity contribution < 1.29 is 4.79 Å². The molecule has 5 aromatic rings. The average Bonchev–Trinajstić information content (AvgIpc) is 3.53. The molecule has 0 aliphatic carbocycles. The van der Waals surface area contributed by atoms with Crippen LogP contribution in [0.2, 0.25) is 0 Å². The van der Waals surface area contributed by atoms with Crippen LogP contribution in [0.1, 0.15) is 17.8 Å². The molecular weight excluding hydrogens is 446 g/mol. The summed E-state index contributed by atoms with van der Waals surface area (Å²) in [7, 11) is 1.79. The maximum atomic E-state index is 12.9. The number of hydrogen-bond donors (Lipinski definition) is 1. The number of H-pyrrole nitrogens is 1. The first-order valence-corrected chi connectivity index (χ1v) is 11.9. The fourth-order valence-electron chi connectivity index (χ4n) is 3.87. The van der Waals surface area contributed by atoms with Crippen molar-refractivity contribution >= 4 is 28.1 Å². The number of carbonyl (C=O) groups excluding carboxylic acids is 1. The summed E-state index contributed by atoms with van der Waals surface area (Å²) in [6.07, 6.45) is 2.60. The molecule has 0 fully saturated rings. The molecule has 0 saturated carbocycles. The lowest BCUT2D eigenvalue weighted by Gasteiger charge is -2.17. The Balaban J connectivity index is 1.33. The first-order valence-electron chi connectivity index (χ1n) is 11.0. The van der Waals surface area contributed by atoms with Gasteiger partial charge in [0.05, 0.1) is 21.5 Å². The van der Waals surface area contributed by atoms with Crippen LogP contribution in [-0.4, -0.2) is 37.6 Å². The minimum absolute atomic E-state index is 0.0274. The molecule has 0 atom stereocenters. The van der Waals surface area contributed by atoms with Crippen LogP contribution < -0.4 is 5.56 Å². The molecule has 0 aliphatic rings. The van der Waals surface area contributed by atoms with Gasteiger partial charge in [0.15, 0.2) is 0 Å². The van der Waals surface area contributed by atoms with E-state index in [0.29, 0.717) is 29.7 Å². The summed E-state index contributed by atoms with van der Waals surface area (Å²) < 4.78 is 1.85. The summed E-state index contributed by atoms with van der Waals surface area (Å²) >= 11 is 1.62. The third-order valence-corrected chi connectivity index (χ3v) is 6.51. The van der Waals surface area contributed by atoms with Crippen LogP contribution in [0.15, 0.2) is 83.1 Å². The number of hydrogen-bond acceptors (Lipinski definition) is 5. The van der Waals surface area contributed by atoms with Crippen LogP contribution in [0.3, 0.4) is 0 Å². The number of aromatic amines is 1. The highest BCUT2D eigenvalue weighted by Gasteiger charge is 2.18. The van der Waals surface area contributed by atoms with Gasteiger partial charge in [-0.15, -0.1) is 11.3 Å². The SMILES string of the molecule is CN(Cc1cn(-c2ccccc2)nc1-c1cccs1)C(=O)CCc1nc2ccccc2c(=O)[nH]1. The van der Waals surface area contributed by atoms with Gasteiger partial charge in [0, 0.05) is 38.2 Å². The number of thiophene rings is 1. The summed E-state index contributed by atoms with van der Waals surface area (Å²) in [6.45, 7) is 0.431. The van der Waals surface area contributed by atoms with E-state index in [4.69, 9.17) is 5.10 Å². The van der Waals surface area contributed by atoms with Crippen LogP contribution in [0.25, 0.3) is 27.2 Å². The van der Waals surface area contributed by atoms with Crippen LogP contribution >= 0.6 is 11.3 Å². The van der Waals surface area contributed by atoms with E-state index in [-0.39, 0.29) is 17.9 Å². The van der Waals surface area contributed by atoms with Crippen molar-refractivity contribution in [3.05, 3.63) is 100 Å². The second kappa shape index (κ2) is 9.44. The standard InChI is InChI=1S/C26H23N5O2S/c1-30(24(32)14-13-23-27-21-11-6-5-10-20(21)26(33)28-23)16-18-17-31(19-8-3-2-4-9-19)29-25(18)22-12-7-15-34-22/h2-12,15,17H,13-14,16H2,1H3,(H,27,28,33). The van der Waals surface area contributed by atoms with E-state index >= 15 is 0 Å². The summed E-state index contributed by atoms with van der Waals surface area (Å²) in [4.78, 5) is 35.3. The normalized spacial score (nSPS) is 11.1. The molecule has 1 N–H and O–H groups in total. The van der Waals surface area contributed by atoms with Crippen molar-refractivity contribution in [2.45, 2.75) is 19.4 Å². The summed E-state index contributed by atoms with van der Waals surface area (Å²) in [5.41, 5.74) is 3.26. The fraction of sp³-hybridized carbons (Fsp3) is 0.154. The zero-order valence-corrected chi connectivity index (χ0v) is 19.5. The molecule has 7 nitrogen and oxygen atoms in total. The van der Waals surface area contributed by atoms with Gasteiger partial charge in [-0.25, -0.2) is 9.67 Å². The van der Waals surface area contributed by atoms with E-state index in [0.717, 1.165) is 21.8 Å². The first kappa shape index (κ1) is 21.8. The van der Waals surface area contributed by atoms with Crippen LogP contribution in [0.5, 0.6) is 0 Å². The zero-order chi connectivity index (χ0) is 23.5. The van der Waals surface area contributed by atoms with Crippen molar-refractivity contribution in [3.63, 3.8) is 0 Å². The molecule has 8 heteroatoms. The third kappa shape index (κ3) is 4.53. The Morgan fingerprint density at radius 3 is 2.65 bits per heavy atom. The Kier molecular flexibility index (Phi) is 6.05. The van der Waals surface area contributed by atoms with E-state index in [1.165, 1.54) is 0 Å². The van der Waals surface area contributed by atoms with Crippen molar-refractivity contribution in [1.82, 2.24) is 24.6 Å². The molecule has 2 aromatic carbocycles. The number of aryl methyl sites for hydroxylation is 1. The highest BCUT2D eigenvalue weighted by molar-refractivity contribution is 7.13. The monoisotopic (exact) mass is 469 g/mol. The van der Waals surface area contributed by atoms with E-state index in [1.807, 2.05) is 70.9 Å². The van der Waals surface area contributed by atoms with Crippen molar-refractivity contribution in [2.24, 2.45) is 0 Å². The van der Waals surface area contributed by atoms with E-state index in [2.05, 4.69) is 9.97 Å². The Morgan fingerprint density at radius 1 is 1.06 bits per heavy atom. The number of amides is 1. The zero-order valence-electron chi connectivity index (χ0n) is 18.6. The fourth-order valence-corrected chi connectivity index (χ4v) is 4.62. The van der Waals surface area contributed by atoms with Crippen LogP contribution in [0, 0.1) is 0 Å². The summed E-state index contributed by atoms with van der Waals surface area (Å²) in [5, 5.41) is 7.38. The Labute approximate surface area is 200 Å². The van der Waals surface area contributed by atoms with Crippen LogP contribution in [-0.2, 0) is 17.8 Å². The lowest BCUT2D eigenvalue weighted by molar-refractivity contribution is -0.130. The maximum absolute atomic E-state index is 12.9. The molecule has 0 radical (unpaired) electrons. The number of benzene rings is 2. The predicted octanol–water partition coefficient (Wildman–Crippen LogP) is 4.43. The van der Waals surface area contributed by atoms with E-state index in [9.17, 15) is 9.59 Å². The second-order valence-corrected chi connectivity index (χ2v) is 8.99. The topological polar surface area (TPSA) is 83.9 Å². The third-order valence-electron chi connectivity index (χ3n) is 5.64. The van der Waals surface area contributed by atoms with Gasteiger partial charge in [0.1, 0.15) is 11.5 Å². The van der Waals surface area contributed by atoms with Gasteiger partial charge in [-0.1, -0.05) is 36.4 Å². The minimum Gasteiger partial charge on any atom is -0.341 e. The first-order chi connectivity index (χ1) is 16.6. The number of fused-ring (bicyclic) bond motifs is 1. The largest absolute Gasteiger partial charge is 0.341 e. The predicted molar refractivity (Wildman–Crippen MR) is 134 cm³/mol. The molecule has 0 bridgehead atoms. The Morgan fingerprint density at radius 2 is 1.85 bits per heavy atom. The lowest BCUT2D eigenvalue weighted by atomic mass is 10.2. The quantitative estimate of drug-likeness (QED) is 0.382. The Hall–Kier alpha value is -4.04. The number of nitrogens with zero attached hydrogens (tertiary/aromatic N) is 4. The molecule has 3 aromatic heterocycles. The molecule has 5 rings (SSSR count). The molecule has 3 heterocycles. The molecule has 34 heavy (non-hydrogen) atoms. The van der Waals surface area contributed by atoms with Crippen LogP contribution in [0.4, 0.5) is 0 Å². The van der Waals surface area contributed by atoms with Gasteiger partial charge < -0.3 is 9.88 Å². The molecule has 0 aliphatic heterocycles. The lowest BCUT2D eigenvalue weighted by Crippen LogP contribution is -2.27. The Bertz CT molecular complexity index is 1490. The molecule has 0 saturated heterocycles. The second-order valence-electron chi connectivity index (χ2n) is 8.04. The number of nitrogens with one attached hydrogen (secondary N) is 1. The summed E-state index contributed by atoms with van der Waals surface area (Å²) in [5.74, 6) is 0.488. The number of aromatic nitrogens is 4. The molecule has 0 spiro atoms. The smallest absolute Gasteiger partial charge is 0.258 e. The number of para-hydroxylation sites is 2. The van der Waals surface area contributed by atoms with Gasteiger partial charge in [-0.2, -0.15) is 5.10 Å². The van der Waals surface area contributed by atoms with E-state index < -0.39 is 0 Å². The van der Waals surface area contributed by atoms with Gasteiger partial charge in [0.25, 0.3) is 5.56 Å². The molecule has 0 unspecified atom stereocenters. The van der Waals surface area contributed by atoms with Crippen molar-refractivity contribution in [3.8, 4) is 16.3 Å². The maximum Gasteiger partial charge on any atom is 0.258 e.